The van der Waals surface area contributed by atoms with Crippen LogP contribution in [0.25, 0.3) is 11.1 Å². The number of amides is 1. The van der Waals surface area contributed by atoms with Gasteiger partial charge in [0, 0.05) is 5.92 Å². The van der Waals surface area contributed by atoms with Gasteiger partial charge in [0.05, 0.1) is 46.2 Å². The Bertz CT molecular complexity index is 2880. The van der Waals surface area contributed by atoms with E-state index in [1.807, 2.05) is 36.4 Å². The topological polar surface area (TPSA) is 601 Å². The number of aliphatic carboxylic acids is 1. The third kappa shape index (κ3) is 14.7. The molecule has 552 valence electrons. The molecule has 0 spiro atoms. The van der Waals surface area contributed by atoms with Crippen LogP contribution in [-0.4, -0.2) is 398 Å². The number of fused-ring (bicyclic) bond motifs is 3. The molecule has 2 aromatic rings. The molecule has 21 N–H and O–H groups in total. The number of carboxylic acid groups (broad SMARTS) is 1. The number of rotatable bonds is 12. The van der Waals surface area contributed by atoms with E-state index in [1.165, 1.54) is 0 Å². The summed E-state index contributed by atoms with van der Waals surface area (Å²) in [7, 11) is 0. The summed E-state index contributed by atoms with van der Waals surface area (Å²) in [5, 5.41) is 236. The lowest BCUT2D eigenvalue weighted by Crippen LogP contribution is -2.68. The molecule has 21 saturated heterocycles. The molecule has 39 nitrogen and oxygen atoms in total. The van der Waals surface area contributed by atoms with Gasteiger partial charge in [0.2, 0.25) is 0 Å². The standard InChI is InChI=1S/C59H83NO38/c61-11-24-46-33(71)40(78)54(87-24)95-48-26(13-63)89-56(42(80)35(48)73)97-50-28(15-65)91-58(44(82)37(50)75)98-51-29(16-66)90-57(43(81)36(51)74)96-49-27(14-64)88-55(41(79)34(49)72)94-47-25(12-62)86-53(39(77)32(47)70)92-45-23(85-52(93-46)38(76)31(45)69)9-60(10-30(67)68)59(83)84-17-22-20-7-3-1-5-18(20)19-6-2-4-8-21(19)22/h1-8,22-29,31-58,61-66,69-82H,9-17H2,(H,67,68)/t23-,24-,25-,26-,27-,28-,29-,31-,32-,33-,34-,35-,36-,37-,38-,39-,40-,41-,42-,43-,44-,45-,46-,47-,48-,49-,50-,51-,52-,53-,54-,55-,56-,57-,58-/m1/s1. The minimum absolute atomic E-state index is 0.367. The number of ether oxygens (including phenoxy) is 15. The Morgan fingerprint density at radius 2 is 0.551 bits per heavy atom. The maximum atomic E-state index is 14.3. The van der Waals surface area contributed by atoms with E-state index in [9.17, 15) is 117 Å². The number of hydrogen-bond donors (Lipinski definition) is 21. The molecule has 21 fully saturated rings. The van der Waals surface area contributed by atoms with Gasteiger partial charge < -0.3 is 178 Å². The zero-order chi connectivity index (χ0) is 70.5. The van der Waals surface area contributed by atoms with Gasteiger partial charge in [-0.05, 0) is 22.3 Å². The first kappa shape index (κ1) is 75.0. The predicted molar refractivity (Wildman–Crippen MR) is 306 cm³/mol. The highest BCUT2D eigenvalue weighted by Gasteiger charge is 2.60. The highest BCUT2D eigenvalue weighted by molar-refractivity contribution is 5.80. The van der Waals surface area contributed by atoms with Crippen molar-refractivity contribution in [2.24, 2.45) is 0 Å². The average molecular weight is 1410 g/mol. The molecular weight excluding hydrogens is 1330 g/mol. The Morgan fingerprint density at radius 3 is 0.786 bits per heavy atom. The fraction of sp³-hybridized carbons (Fsp3) is 0.763. The Balaban J connectivity index is 0.900. The van der Waals surface area contributed by atoms with Gasteiger partial charge in [-0.1, -0.05) is 48.5 Å². The van der Waals surface area contributed by atoms with E-state index in [-0.39, 0.29) is 6.61 Å². The first-order valence-corrected chi connectivity index (χ1v) is 31.5. The second kappa shape index (κ2) is 31.8. The molecule has 1 amide bonds. The second-order valence-corrected chi connectivity index (χ2v) is 25.0. The molecule has 39 heteroatoms. The molecule has 0 aromatic heterocycles. The fourth-order valence-corrected chi connectivity index (χ4v) is 13.7. The number of carbonyl (C=O) groups is 2. The third-order valence-corrected chi connectivity index (χ3v) is 18.9. The molecule has 2 aromatic carbocycles. The summed E-state index contributed by atoms with van der Waals surface area (Å²) in [6.07, 6.45) is -75.4. The fourth-order valence-electron chi connectivity index (χ4n) is 13.7. The van der Waals surface area contributed by atoms with Crippen LogP contribution >= 0.6 is 0 Å². The van der Waals surface area contributed by atoms with E-state index in [0.29, 0.717) is 4.90 Å². The summed E-state index contributed by atoms with van der Waals surface area (Å²) in [6.45, 7) is -9.20. The first-order chi connectivity index (χ1) is 46.9. The molecule has 98 heavy (non-hydrogen) atoms. The maximum Gasteiger partial charge on any atom is 0.410 e. The van der Waals surface area contributed by atoms with Crippen LogP contribution in [0.2, 0.25) is 0 Å². The minimum Gasteiger partial charge on any atom is -0.480 e. The monoisotopic (exact) mass is 1410 g/mol. The Labute approximate surface area is 554 Å². The number of nitrogens with zero attached hydrogens (tertiary/aromatic N) is 1. The van der Waals surface area contributed by atoms with Crippen molar-refractivity contribution in [2.75, 3.05) is 59.3 Å². The molecule has 21 heterocycles. The van der Waals surface area contributed by atoms with Gasteiger partial charge in [0.15, 0.2) is 44.0 Å². The van der Waals surface area contributed by atoms with E-state index < -0.39 is 286 Å². The predicted octanol–water partition coefficient (Wildman–Crippen LogP) is -11.9. The molecule has 0 radical (unpaired) electrons. The smallest absolute Gasteiger partial charge is 0.410 e. The van der Waals surface area contributed by atoms with Crippen molar-refractivity contribution in [3.05, 3.63) is 59.7 Å². The van der Waals surface area contributed by atoms with Crippen molar-refractivity contribution < 1.29 is 188 Å². The summed E-state index contributed by atoms with van der Waals surface area (Å²) in [5.74, 6) is -2.20. The van der Waals surface area contributed by atoms with Gasteiger partial charge in [0.25, 0.3) is 0 Å². The van der Waals surface area contributed by atoms with Crippen molar-refractivity contribution in [1.82, 2.24) is 4.90 Å². The molecule has 24 rings (SSSR count). The average Bonchev–Trinajstić information content (AvgIpc) is 1.11. The molecule has 0 unspecified atom stereocenters. The van der Waals surface area contributed by atoms with Crippen LogP contribution in [-0.2, 0) is 75.8 Å². The minimum atomic E-state index is -2.41. The summed E-state index contributed by atoms with van der Waals surface area (Å²) in [6, 6.07) is 14.5. The number of hydrogen-bond acceptors (Lipinski definition) is 37. The second-order valence-electron chi connectivity index (χ2n) is 25.0. The zero-order valence-electron chi connectivity index (χ0n) is 51.5. The quantitative estimate of drug-likeness (QED) is 0.0938. The van der Waals surface area contributed by atoms with Gasteiger partial charge >= 0.3 is 12.1 Å². The maximum absolute atomic E-state index is 14.3. The van der Waals surface area contributed by atoms with E-state index in [4.69, 9.17) is 71.1 Å². The van der Waals surface area contributed by atoms with E-state index in [2.05, 4.69) is 0 Å². The number of carboxylic acids is 1. The van der Waals surface area contributed by atoms with Crippen LogP contribution in [0.3, 0.4) is 0 Å². The molecule has 1 aliphatic carbocycles. The van der Waals surface area contributed by atoms with Crippen molar-refractivity contribution in [2.45, 2.75) is 221 Å². The van der Waals surface area contributed by atoms with Crippen LogP contribution in [0.15, 0.2) is 48.5 Å². The van der Waals surface area contributed by atoms with Crippen LogP contribution in [0, 0.1) is 0 Å². The highest BCUT2D eigenvalue weighted by Crippen LogP contribution is 2.45. The molecular formula is C59H83NO38. The van der Waals surface area contributed by atoms with Crippen molar-refractivity contribution in [3.8, 4) is 11.1 Å². The Kier molecular flexibility index (Phi) is 24.4. The summed E-state index contributed by atoms with van der Waals surface area (Å²) in [4.78, 5) is 27.5. The summed E-state index contributed by atoms with van der Waals surface area (Å²) < 4.78 is 87.3. The molecule has 14 bridgehead atoms. The van der Waals surface area contributed by atoms with Gasteiger partial charge in [-0.15, -0.1) is 0 Å². The van der Waals surface area contributed by atoms with Gasteiger partial charge in [0.1, 0.15) is 184 Å². The SMILES string of the molecule is O=C(O)CN(C[C@H]1O[C@@H]2O[C@H]3[C@H](O)[C@@H](O)[C@@H](O[C@H]4[C@H](O)[C@@H](O)[C@@H](O[C@H]5[C@H](O)[C@@H](O)[C@@H](O[C@H]6[C@H](O)[C@@H](O)[C@@H](O[C@H]7[C@H](O)[C@@H](O)[C@@H](O[C@H]8[C@H](O)[C@@H](O)[C@@H](O[C@H]1[C@H](O)[C@H]2O)O[C@@H]8CO)O[C@@H]7CO)O[C@@H]6CO)O[C@@H]5CO)O[C@@H]4CO)O[C@@H]3CO)C(=O)OCC1c2ccccc2-c2ccccc21. The summed E-state index contributed by atoms with van der Waals surface area (Å²) >= 11 is 0. The van der Waals surface area contributed by atoms with Crippen LogP contribution < -0.4 is 0 Å². The van der Waals surface area contributed by atoms with Crippen LogP contribution in [0.5, 0.6) is 0 Å². The van der Waals surface area contributed by atoms with Crippen molar-refractivity contribution in [1.29, 1.82) is 0 Å². The molecule has 21 aliphatic heterocycles. The highest BCUT2D eigenvalue weighted by atomic mass is 16.8. The van der Waals surface area contributed by atoms with Crippen molar-refractivity contribution in [3.63, 3.8) is 0 Å². The zero-order valence-corrected chi connectivity index (χ0v) is 51.5. The van der Waals surface area contributed by atoms with Gasteiger partial charge in [-0.2, -0.15) is 0 Å². The largest absolute Gasteiger partial charge is 0.480 e. The first-order valence-electron chi connectivity index (χ1n) is 31.5. The van der Waals surface area contributed by atoms with Crippen LogP contribution in [0.4, 0.5) is 4.79 Å². The lowest BCUT2D eigenvalue weighted by Gasteiger charge is -2.50. The van der Waals surface area contributed by atoms with Gasteiger partial charge in [-0.3, -0.25) is 9.69 Å². The number of carbonyl (C=O) groups excluding carboxylic acids is 1. The number of aliphatic hydroxyl groups excluding tert-OH is 20. The number of aliphatic hydroxyl groups is 20. The lowest BCUT2D eigenvalue weighted by atomic mass is 9.95. The van der Waals surface area contributed by atoms with E-state index in [0.717, 1.165) is 22.3 Å². The number of benzene rings is 2. The molecule has 35 atom stereocenters. The Hall–Kier alpha value is -4.18. The normalized spacial score (nSPS) is 46.3. The van der Waals surface area contributed by atoms with Crippen LogP contribution in [0.1, 0.15) is 17.0 Å². The van der Waals surface area contributed by atoms with E-state index in [1.54, 1.807) is 12.1 Å². The lowest BCUT2D eigenvalue weighted by molar-refractivity contribution is -0.396. The Morgan fingerprint density at radius 1 is 0.327 bits per heavy atom. The molecule has 0 saturated carbocycles. The van der Waals surface area contributed by atoms with Gasteiger partial charge in [-0.25, -0.2) is 4.79 Å². The summed E-state index contributed by atoms with van der Waals surface area (Å²) in [5.41, 5.74) is 3.20. The van der Waals surface area contributed by atoms with Crippen molar-refractivity contribution >= 4 is 12.1 Å². The third-order valence-electron chi connectivity index (χ3n) is 18.9. The molecule has 22 aliphatic rings. The van der Waals surface area contributed by atoms with E-state index >= 15 is 0 Å².